The van der Waals surface area contributed by atoms with Crippen LogP contribution in [0, 0.1) is 6.92 Å². The van der Waals surface area contributed by atoms with E-state index in [1.807, 2.05) is 13.0 Å². The molecule has 0 spiro atoms. The Bertz CT molecular complexity index is 359. The van der Waals surface area contributed by atoms with Crippen molar-refractivity contribution in [3.63, 3.8) is 0 Å². The van der Waals surface area contributed by atoms with E-state index in [4.69, 9.17) is 11.6 Å². The zero-order valence-electron chi connectivity index (χ0n) is 10.5. The third-order valence-electron chi connectivity index (χ3n) is 3.66. The molecule has 1 fully saturated rings. The van der Waals surface area contributed by atoms with Gasteiger partial charge >= 0.3 is 0 Å². The molecule has 0 unspecified atom stereocenters. The van der Waals surface area contributed by atoms with E-state index in [9.17, 15) is 0 Å². The molecule has 17 heavy (non-hydrogen) atoms. The molecular formula is C14H21ClN2. The molecule has 0 aliphatic heterocycles. The molecule has 1 aromatic heterocycles. The van der Waals surface area contributed by atoms with Gasteiger partial charge in [0, 0.05) is 23.7 Å². The first-order valence-electron chi connectivity index (χ1n) is 6.48. The molecule has 1 aliphatic rings. The van der Waals surface area contributed by atoms with Crippen molar-refractivity contribution in [3.8, 4) is 0 Å². The molecule has 0 aromatic carbocycles. The number of rotatable bonds is 4. The molecule has 1 aromatic rings. The molecule has 0 radical (unpaired) electrons. The highest BCUT2D eigenvalue weighted by molar-refractivity contribution is 6.18. The predicted molar refractivity (Wildman–Crippen MR) is 72.3 cm³/mol. The zero-order chi connectivity index (χ0) is 12.1. The molecule has 94 valence electrons. The van der Waals surface area contributed by atoms with E-state index in [-0.39, 0.29) is 5.54 Å². The fraction of sp³-hybridized carbons (Fsp3) is 0.643. The number of nitrogens with zero attached hydrogens (tertiary/aromatic N) is 1. The smallest absolute Gasteiger partial charge is 0.0545 e. The summed E-state index contributed by atoms with van der Waals surface area (Å²) in [6.07, 6.45) is 6.33. The van der Waals surface area contributed by atoms with E-state index in [0.717, 1.165) is 17.9 Å². The van der Waals surface area contributed by atoms with Crippen LogP contribution in [-0.2, 0) is 6.54 Å². The summed E-state index contributed by atoms with van der Waals surface area (Å²) in [5.41, 5.74) is 2.33. The maximum absolute atomic E-state index is 6.15. The minimum absolute atomic E-state index is 0.144. The topological polar surface area (TPSA) is 24.9 Å². The molecule has 0 bridgehead atoms. The lowest BCUT2D eigenvalue weighted by Crippen LogP contribution is -2.48. The van der Waals surface area contributed by atoms with Crippen molar-refractivity contribution in [2.45, 2.75) is 51.1 Å². The Morgan fingerprint density at radius 2 is 2.06 bits per heavy atom. The number of alkyl halides is 1. The summed E-state index contributed by atoms with van der Waals surface area (Å²) < 4.78 is 0. The van der Waals surface area contributed by atoms with Crippen LogP contribution in [0.2, 0.25) is 0 Å². The summed E-state index contributed by atoms with van der Waals surface area (Å²) in [4.78, 5) is 4.52. The maximum atomic E-state index is 6.15. The third kappa shape index (κ3) is 3.43. The van der Waals surface area contributed by atoms with Crippen LogP contribution in [0.1, 0.15) is 43.5 Å². The Hall–Kier alpha value is -0.600. The highest BCUT2D eigenvalue weighted by atomic mass is 35.5. The number of halogens is 1. The summed E-state index contributed by atoms with van der Waals surface area (Å²) in [5.74, 6) is 0.707. The Morgan fingerprint density at radius 3 is 2.71 bits per heavy atom. The maximum Gasteiger partial charge on any atom is 0.0545 e. The number of nitrogens with one attached hydrogen (secondary N) is 1. The Morgan fingerprint density at radius 1 is 1.29 bits per heavy atom. The fourth-order valence-electron chi connectivity index (χ4n) is 2.56. The van der Waals surface area contributed by atoms with Gasteiger partial charge in [-0.15, -0.1) is 11.6 Å². The minimum atomic E-state index is 0.144. The minimum Gasteiger partial charge on any atom is -0.304 e. The van der Waals surface area contributed by atoms with Crippen LogP contribution < -0.4 is 5.32 Å². The average molecular weight is 253 g/mol. The van der Waals surface area contributed by atoms with Crippen LogP contribution in [-0.4, -0.2) is 16.4 Å². The van der Waals surface area contributed by atoms with E-state index in [2.05, 4.69) is 22.4 Å². The van der Waals surface area contributed by atoms with Crippen molar-refractivity contribution in [2.75, 3.05) is 5.88 Å². The molecule has 0 atom stereocenters. The van der Waals surface area contributed by atoms with Crippen molar-refractivity contribution in [3.05, 3.63) is 29.6 Å². The van der Waals surface area contributed by atoms with E-state index >= 15 is 0 Å². The Balaban J connectivity index is 1.95. The van der Waals surface area contributed by atoms with Gasteiger partial charge < -0.3 is 5.32 Å². The second kappa shape index (κ2) is 5.83. The summed E-state index contributed by atoms with van der Waals surface area (Å²) in [7, 11) is 0. The number of pyridine rings is 1. The van der Waals surface area contributed by atoms with Gasteiger partial charge in [-0.25, -0.2) is 0 Å². The van der Waals surface area contributed by atoms with Crippen molar-refractivity contribution < 1.29 is 0 Å². The number of hydrogen-bond acceptors (Lipinski definition) is 2. The first-order chi connectivity index (χ1) is 8.24. The van der Waals surface area contributed by atoms with Crippen LogP contribution in [0.4, 0.5) is 0 Å². The summed E-state index contributed by atoms with van der Waals surface area (Å²) >= 11 is 6.15. The molecule has 1 N–H and O–H groups in total. The van der Waals surface area contributed by atoms with Gasteiger partial charge in [-0.1, -0.05) is 25.3 Å². The van der Waals surface area contributed by atoms with Crippen LogP contribution in [0.25, 0.3) is 0 Å². The van der Waals surface area contributed by atoms with Crippen LogP contribution in [0.3, 0.4) is 0 Å². The summed E-state index contributed by atoms with van der Waals surface area (Å²) in [6.45, 7) is 2.86. The average Bonchev–Trinajstić information content (AvgIpc) is 2.38. The highest BCUT2D eigenvalue weighted by Gasteiger charge is 2.30. The molecule has 2 nitrogen and oxygen atoms in total. The second-order valence-corrected chi connectivity index (χ2v) is 5.37. The van der Waals surface area contributed by atoms with Crippen LogP contribution in [0.15, 0.2) is 18.2 Å². The number of aromatic nitrogens is 1. The third-order valence-corrected chi connectivity index (χ3v) is 4.17. The molecular weight excluding hydrogens is 232 g/mol. The van der Waals surface area contributed by atoms with Crippen LogP contribution in [0.5, 0.6) is 0 Å². The Labute approximate surface area is 109 Å². The van der Waals surface area contributed by atoms with Gasteiger partial charge in [0.1, 0.15) is 0 Å². The van der Waals surface area contributed by atoms with E-state index < -0.39 is 0 Å². The van der Waals surface area contributed by atoms with Gasteiger partial charge in [0.25, 0.3) is 0 Å². The van der Waals surface area contributed by atoms with Crippen molar-refractivity contribution in [2.24, 2.45) is 0 Å². The first-order valence-corrected chi connectivity index (χ1v) is 7.01. The lowest BCUT2D eigenvalue weighted by molar-refractivity contribution is 0.255. The highest BCUT2D eigenvalue weighted by Crippen LogP contribution is 2.29. The molecule has 0 saturated heterocycles. The van der Waals surface area contributed by atoms with Gasteiger partial charge in [-0.05, 0) is 31.9 Å². The van der Waals surface area contributed by atoms with E-state index in [1.165, 1.54) is 32.1 Å². The Kier molecular flexibility index (Phi) is 4.41. The number of aryl methyl sites for hydroxylation is 1. The molecule has 3 heteroatoms. The standard InChI is InChI=1S/C14H21ClN2/c1-12-6-5-7-13(17-12)10-16-14(11-15)8-3-2-4-9-14/h5-7,16H,2-4,8-11H2,1H3. The number of hydrogen-bond donors (Lipinski definition) is 1. The fourth-order valence-corrected chi connectivity index (χ4v) is 2.92. The van der Waals surface area contributed by atoms with Crippen molar-refractivity contribution in [1.82, 2.24) is 10.3 Å². The van der Waals surface area contributed by atoms with Gasteiger partial charge in [-0.3, -0.25) is 4.98 Å². The van der Waals surface area contributed by atoms with Crippen LogP contribution >= 0.6 is 11.6 Å². The summed E-state index contributed by atoms with van der Waals surface area (Å²) in [6, 6.07) is 6.17. The normalized spacial score (nSPS) is 19.2. The summed E-state index contributed by atoms with van der Waals surface area (Å²) in [5, 5.41) is 3.63. The molecule has 1 heterocycles. The second-order valence-electron chi connectivity index (χ2n) is 5.10. The largest absolute Gasteiger partial charge is 0.304 e. The monoisotopic (exact) mass is 252 g/mol. The lowest BCUT2D eigenvalue weighted by atomic mass is 9.83. The van der Waals surface area contributed by atoms with Crippen molar-refractivity contribution in [1.29, 1.82) is 0 Å². The van der Waals surface area contributed by atoms with E-state index in [1.54, 1.807) is 0 Å². The van der Waals surface area contributed by atoms with E-state index in [0.29, 0.717) is 5.88 Å². The lowest BCUT2D eigenvalue weighted by Gasteiger charge is -2.36. The zero-order valence-corrected chi connectivity index (χ0v) is 11.3. The predicted octanol–water partition coefficient (Wildman–Crippen LogP) is 3.42. The van der Waals surface area contributed by atoms with Crippen molar-refractivity contribution >= 4 is 11.6 Å². The molecule has 2 rings (SSSR count). The van der Waals surface area contributed by atoms with Gasteiger partial charge in [0.05, 0.1) is 5.69 Å². The van der Waals surface area contributed by atoms with Gasteiger partial charge in [0.15, 0.2) is 0 Å². The SMILES string of the molecule is Cc1cccc(CNC2(CCl)CCCCC2)n1. The quantitative estimate of drug-likeness (QED) is 0.831. The first kappa shape index (κ1) is 12.8. The molecule has 1 aliphatic carbocycles. The molecule has 0 amide bonds. The molecule has 1 saturated carbocycles. The van der Waals surface area contributed by atoms with Gasteiger partial charge in [-0.2, -0.15) is 0 Å². The van der Waals surface area contributed by atoms with Gasteiger partial charge in [0.2, 0.25) is 0 Å².